The van der Waals surface area contributed by atoms with Gasteiger partial charge in [0.1, 0.15) is 0 Å². The lowest BCUT2D eigenvalue weighted by atomic mass is 10.0. The number of methoxy groups -OCH3 is 2. The fourth-order valence-electron chi connectivity index (χ4n) is 2.27. The molecule has 0 aliphatic carbocycles. The van der Waals surface area contributed by atoms with Gasteiger partial charge < -0.3 is 9.47 Å². The Kier molecular flexibility index (Phi) is 5.85. The summed E-state index contributed by atoms with van der Waals surface area (Å²) < 4.78 is 37.8. The van der Waals surface area contributed by atoms with Gasteiger partial charge >= 0.3 is 0 Å². The summed E-state index contributed by atoms with van der Waals surface area (Å²) in [5.41, 5.74) is 2.13. The van der Waals surface area contributed by atoms with Crippen LogP contribution in [0.3, 0.4) is 0 Å². The summed E-state index contributed by atoms with van der Waals surface area (Å²) in [6, 6.07) is 12.4. The Morgan fingerprint density at radius 1 is 0.958 bits per heavy atom. The van der Waals surface area contributed by atoms with Gasteiger partial charge in [-0.25, -0.2) is 13.1 Å². The Hall–Kier alpha value is -2.05. The highest BCUT2D eigenvalue weighted by Crippen LogP contribution is 2.29. The van der Waals surface area contributed by atoms with Crippen molar-refractivity contribution in [3.8, 4) is 11.5 Å². The Morgan fingerprint density at radius 2 is 1.58 bits per heavy atom. The largest absolute Gasteiger partial charge is 0.493 e. The topological polar surface area (TPSA) is 64.6 Å². The molecule has 0 aliphatic heterocycles. The molecule has 0 fully saturated rings. The zero-order chi connectivity index (χ0) is 17.7. The van der Waals surface area contributed by atoms with E-state index in [1.165, 1.54) is 31.9 Å². The van der Waals surface area contributed by atoms with Crippen LogP contribution < -0.4 is 14.2 Å². The molecule has 2 aromatic rings. The molecule has 2 rings (SSSR count). The van der Waals surface area contributed by atoms with Gasteiger partial charge in [0.2, 0.25) is 10.0 Å². The standard InChI is InChI=1S/C18H23NO4S/c1-13(2)15-7-5-14(6-8-15)12-19-24(20,21)16-9-10-17(22-3)18(11-16)23-4/h5-11,13,19H,12H2,1-4H3. The first-order chi connectivity index (χ1) is 11.4. The van der Waals surface area contributed by atoms with E-state index in [4.69, 9.17) is 9.47 Å². The van der Waals surface area contributed by atoms with Crippen LogP contribution in [-0.4, -0.2) is 22.6 Å². The lowest BCUT2D eigenvalue weighted by Gasteiger charge is -2.11. The van der Waals surface area contributed by atoms with Crippen molar-refractivity contribution < 1.29 is 17.9 Å². The Bertz CT molecular complexity index is 783. The van der Waals surface area contributed by atoms with Crippen molar-refractivity contribution in [2.75, 3.05) is 14.2 Å². The van der Waals surface area contributed by atoms with E-state index in [1.807, 2.05) is 24.3 Å². The number of hydrogen-bond donors (Lipinski definition) is 1. The van der Waals surface area contributed by atoms with E-state index < -0.39 is 10.0 Å². The van der Waals surface area contributed by atoms with Gasteiger partial charge in [-0.3, -0.25) is 0 Å². The first-order valence-electron chi connectivity index (χ1n) is 7.68. The molecule has 0 saturated carbocycles. The lowest BCUT2D eigenvalue weighted by Crippen LogP contribution is -2.23. The van der Waals surface area contributed by atoms with Gasteiger partial charge in [0.05, 0.1) is 19.1 Å². The summed E-state index contributed by atoms with van der Waals surface area (Å²) in [6.45, 7) is 4.47. The molecule has 0 atom stereocenters. The van der Waals surface area contributed by atoms with Crippen LogP contribution in [0.1, 0.15) is 30.9 Å². The van der Waals surface area contributed by atoms with E-state index in [2.05, 4.69) is 18.6 Å². The summed E-state index contributed by atoms with van der Waals surface area (Å²) in [4.78, 5) is 0.138. The van der Waals surface area contributed by atoms with E-state index in [0.29, 0.717) is 17.4 Å². The lowest BCUT2D eigenvalue weighted by molar-refractivity contribution is 0.354. The number of benzene rings is 2. The number of ether oxygens (including phenoxy) is 2. The molecule has 2 aromatic carbocycles. The van der Waals surface area contributed by atoms with Gasteiger partial charge in [-0.1, -0.05) is 38.1 Å². The number of rotatable bonds is 7. The minimum atomic E-state index is -3.63. The van der Waals surface area contributed by atoms with Gasteiger partial charge in [-0.15, -0.1) is 0 Å². The molecule has 0 bridgehead atoms. The van der Waals surface area contributed by atoms with E-state index in [-0.39, 0.29) is 11.4 Å². The smallest absolute Gasteiger partial charge is 0.241 e. The van der Waals surface area contributed by atoms with Crippen molar-refractivity contribution in [3.63, 3.8) is 0 Å². The predicted molar refractivity (Wildman–Crippen MR) is 94.1 cm³/mol. The Morgan fingerprint density at radius 3 is 2.12 bits per heavy atom. The van der Waals surface area contributed by atoms with Gasteiger partial charge in [0, 0.05) is 12.6 Å². The predicted octanol–water partition coefficient (Wildman–Crippen LogP) is 3.31. The summed E-state index contributed by atoms with van der Waals surface area (Å²) in [5, 5.41) is 0. The van der Waals surface area contributed by atoms with Gasteiger partial charge in [0.25, 0.3) is 0 Å². The second kappa shape index (κ2) is 7.68. The molecular weight excluding hydrogens is 326 g/mol. The normalized spacial score (nSPS) is 11.5. The average Bonchev–Trinajstić information content (AvgIpc) is 2.59. The summed E-state index contributed by atoms with van der Waals surface area (Å²) in [6.07, 6.45) is 0. The van der Waals surface area contributed by atoms with Crippen molar-refractivity contribution in [2.24, 2.45) is 0 Å². The molecule has 130 valence electrons. The molecule has 6 heteroatoms. The number of sulfonamides is 1. The highest BCUT2D eigenvalue weighted by atomic mass is 32.2. The van der Waals surface area contributed by atoms with E-state index in [1.54, 1.807) is 6.07 Å². The fourth-order valence-corrected chi connectivity index (χ4v) is 3.30. The van der Waals surface area contributed by atoms with E-state index in [0.717, 1.165) is 5.56 Å². The number of nitrogens with one attached hydrogen (secondary N) is 1. The van der Waals surface area contributed by atoms with Gasteiger partial charge in [-0.05, 0) is 29.2 Å². The third-order valence-electron chi connectivity index (χ3n) is 3.78. The van der Waals surface area contributed by atoms with Crippen LogP contribution >= 0.6 is 0 Å². The summed E-state index contributed by atoms with van der Waals surface area (Å²) in [7, 11) is -0.653. The minimum Gasteiger partial charge on any atom is -0.493 e. The number of hydrogen-bond acceptors (Lipinski definition) is 4. The Labute approximate surface area is 143 Å². The molecule has 0 unspecified atom stereocenters. The molecule has 0 spiro atoms. The maximum Gasteiger partial charge on any atom is 0.241 e. The van der Waals surface area contributed by atoms with Crippen molar-refractivity contribution in [3.05, 3.63) is 53.6 Å². The second-order valence-electron chi connectivity index (χ2n) is 5.74. The van der Waals surface area contributed by atoms with Crippen LogP contribution in [0.4, 0.5) is 0 Å². The molecule has 0 amide bonds. The van der Waals surface area contributed by atoms with Crippen molar-refractivity contribution in [1.82, 2.24) is 4.72 Å². The molecule has 0 heterocycles. The van der Waals surface area contributed by atoms with Crippen LogP contribution in [0, 0.1) is 0 Å². The average molecular weight is 349 g/mol. The monoisotopic (exact) mass is 349 g/mol. The van der Waals surface area contributed by atoms with Crippen molar-refractivity contribution in [1.29, 1.82) is 0 Å². The quantitative estimate of drug-likeness (QED) is 0.833. The van der Waals surface area contributed by atoms with Crippen LogP contribution in [0.25, 0.3) is 0 Å². The van der Waals surface area contributed by atoms with Crippen LogP contribution in [-0.2, 0) is 16.6 Å². The van der Waals surface area contributed by atoms with Gasteiger partial charge in [0.15, 0.2) is 11.5 Å². The highest BCUT2D eigenvalue weighted by molar-refractivity contribution is 7.89. The molecule has 0 saturated heterocycles. The van der Waals surface area contributed by atoms with Crippen molar-refractivity contribution >= 4 is 10.0 Å². The molecule has 0 radical (unpaired) electrons. The third kappa shape index (κ3) is 4.27. The first-order valence-corrected chi connectivity index (χ1v) is 9.16. The van der Waals surface area contributed by atoms with Crippen LogP contribution in [0.15, 0.2) is 47.4 Å². The zero-order valence-electron chi connectivity index (χ0n) is 14.4. The van der Waals surface area contributed by atoms with E-state index in [9.17, 15) is 8.42 Å². The minimum absolute atomic E-state index is 0.138. The molecular formula is C18H23NO4S. The van der Waals surface area contributed by atoms with Crippen LogP contribution in [0.5, 0.6) is 11.5 Å². The summed E-state index contributed by atoms with van der Waals surface area (Å²) in [5.74, 6) is 1.31. The maximum absolute atomic E-state index is 12.4. The zero-order valence-corrected chi connectivity index (χ0v) is 15.2. The molecule has 0 aromatic heterocycles. The Balaban J connectivity index is 2.13. The first kappa shape index (κ1) is 18.3. The van der Waals surface area contributed by atoms with Gasteiger partial charge in [-0.2, -0.15) is 0 Å². The molecule has 24 heavy (non-hydrogen) atoms. The maximum atomic E-state index is 12.4. The molecule has 1 N–H and O–H groups in total. The second-order valence-corrected chi connectivity index (χ2v) is 7.50. The highest BCUT2D eigenvalue weighted by Gasteiger charge is 2.16. The molecule has 0 aliphatic rings. The fraction of sp³-hybridized carbons (Fsp3) is 0.333. The van der Waals surface area contributed by atoms with Crippen LogP contribution in [0.2, 0.25) is 0 Å². The summed E-state index contributed by atoms with van der Waals surface area (Å²) >= 11 is 0. The molecule has 5 nitrogen and oxygen atoms in total. The SMILES string of the molecule is COc1ccc(S(=O)(=O)NCc2ccc(C(C)C)cc2)cc1OC. The van der Waals surface area contributed by atoms with E-state index >= 15 is 0 Å². The van der Waals surface area contributed by atoms with Crippen molar-refractivity contribution in [2.45, 2.75) is 31.2 Å². The third-order valence-corrected chi connectivity index (χ3v) is 5.18.